The van der Waals surface area contributed by atoms with E-state index in [0.29, 0.717) is 13.2 Å². The predicted molar refractivity (Wildman–Crippen MR) is 68.7 cm³/mol. The zero-order valence-electron chi connectivity index (χ0n) is 9.87. The van der Waals surface area contributed by atoms with Crippen molar-refractivity contribution in [2.75, 3.05) is 12.4 Å². The van der Waals surface area contributed by atoms with Gasteiger partial charge in [-0.15, -0.1) is 0 Å². The van der Waals surface area contributed by atoms with Gasteiger partial charge in [0.1, 0.15) is 0 Å². The average Bonchev–Trinajstić information content (AvgIpc) is 2.69. The van der Waals surface area contributed by atoms with Gasteiger partial charge in [0.05, 0.1) is 25.0 Å². The fourth-order valence-corrected chi connectivity index (χ4v) is 3.71. The Kier molecular flexibility index (Phi) is 2.97. The zero-order chi connectivity index (χ0) is 12.6. The summed E-state index contributed by atoms with van der Waals surface area (Å²) in [5.41, 5.74) is 2.38. The largest absolute Gasteiger partial charge is 0.375 e. The molecule has 0 aliphatic carbocycles. The van der Waals surface area contributed by atoms with Gasteiger partial charge in [0.2, 0.25) is 0 Å². The Bertz CT molecular complexity index is 580. The van der Waals surface area contributed by atoms with Crippen LogP contribution in [0.15, 0.2) is 35.7 Å². The van der Waals surface area contributed by atoms with E-state index in [2.05, 4.69) is 11.4 Å². The molecule has 3 rings (SSSR count). The highest BCUT2D eigenvalue weighted by atomic mass is 32.2. The van der Waals surface area contributed by atoms with Crippen molar-refractivity contribution in [1.82, 2.24) is 5.32 Å². The molecule has 2 aliphatic rings. The van der Waals surface area contributed by atoms with Gasteiger partial charge >= 0.3 is 0 Å². The van der Waals surface area contributed by atoms with Crippen molar-refractivity contribution in [3.63, 3.8) is 0 Å². The third-order valence-corrected chi connectivity index (χ3v) is 4.71. The number of hydrogen-bond donors (Lipinski definition) is 1. The average molecular weight is 265 g/mol. The van der Waals surface area contributed by atoms with Crippen molar-refractivity contribution in [3.05, 3.63) is 46.9 Å². The van der Waals surface area contributed by atoms with Gasteiger partial charge in [-0.1, -0.05) is 30.3 Å². The standard InChI is InChI=1S/C13H15NO3S/c15-18(16)6-5-11(9-18)14-13-8-17-7-10-3-1-2-4-12(10)13/h1-6,11,13-14H,7-9H2. The maximum atomic E-state index is 11.4. The first kappa shape index (κ1) is 11.9. The van der Waals surface area contributed by atoms with Gasteiger partial charge in [0, 0.05) is 11.4 Å². The molecule has 2 heterocycles. The van der Waals surface area contributed by atoms with Crippen molar-refractivity contribution in [2.24, 2.45) is 0 Å². The summed E-state index contributed by atoms with van der Waals surface area (Å²) >= 11 is 0. The molecule has 1 aromatic rings. The number of benzene rings is 1. The molecule has 1 N–H and O–H groups in total. The molecule has 0 amide bonds. The van der Waals surface area contributed by atoms with Gasteiger partial charge in [-0.3, -0.25) is 0 Å². The Labute approximate surface area is 107 Å². The summed E-state index contributed by atoms with van der Waals surface area (Å²) in [6.07, 6.45) is 1.71. The lowest BCUT2D eigenvalue weighted by Gasteiger charge is -2.28. The molecule has 2 unspecified atom stereocenters. The van der Waals surface area contributed by atoms with Crippen LogP contribution in [-0.2, 0) is 21.2 Å². The summed E-state index contributed by atoms with van der Waals surface area (Å²) < 4.78 is 28.3. The van der Waals surface area contributed by atoms with Crippen LogP contribution in [0.1, 0.15) is 17.2 Å². The Morgan fingerprint density at radius 2 is 2.11 bits per heavy atom. The highest BCUT2D eigenvalue weighted by molar-refractivity contribution is 7.94. The minimum absolute atomic E-state index is 0.0675. The molecular weight excluding hydrogens is 250 g/mol. The normalized spacial score (nSPS) is 29.1. The molecule has 2 atom stereocenters. The van der Waals surface area contributed by atoms with Gasteiger partial charge in [0.15, 0.2) is 9.84 Å². The van der Waals surface area contributed by atoms with E-state index in [-0.39, 0.29) is 17.8 Å². The second-order valence-electron chi connectivity index (χ2n) is 4.70. The van der Waals surface area contributed by atoms with Gasteiger partial charge in [-0.05, 0) is 11.1 Å². The molecule has 0 saturated carbocycles. The van der Waals surface area contributed by atoms with E-state index in [1.54, 1.807) is 6.08 Å². The van der Waals surface area contributed by atoms with E-state index >= 15 is 0 Å². The third kappa shape index (κ3) is 2.34. The van der Waals surface area contributed by atoms with Crippen molar-refractivity contribution in [1.29, 1.82) is 0 Å². The smallest absolute Gasteiger partial charge is 0.173 e. The highest BCUT2D eigenvalue weighted by Crippen LogP contribution is 2.25. The van der Waals surface area contributed by atoms with E-state index in [0.717, 1.165) is 0 Å². The molecule has 0 spiro atoms. The quantitative estimate of drug-likeness (QED) is 0.872. The summed E-state index contributed by atoms with van der Waals surface area (Å²) in [6, 6.07) is 8.06. The van der Waals surface area contributed by atoms with Gasteiger partial charge < -0.3 is 10.1 Å². The summed E-state index contributed by atoms with van der Waals surface area (Å²) in [6.45, 7) is 1.22. The monoisotopic (exact) mass is 265 g/mol. The molecule has 2 aliphatic heterocycles. The van der Waals surface area contributed by atoms with Gasteiger partial charge in [0.25, 0.3) is 0 Å². The lowest BCUT2D eigenvalue weighted by Crippen LogP contribution is -2.37. The van der Waals surface area contributed by atoms with Crippen molar-refractivity contribution in [3.8, 4) is 0 Å². The van der Waals surface area contributed by atoms with Crippen LogP contribution in [0.4, 0.5) is 0 Å². The van der Waals surface area contributed by atoms with Crippen LogP contribution >= 0.6 is 0 Å². The van der Waals surface area contributed by atoms with Crippen LogP contribution in [-0.4, -0.2) is 26.8 Å². The van der Waals surface area contributed by atoms with E-state index in [1.807, 2.05) is 18.2 Å². The topological polar surface area (TPSA) is 55.4 Å². The molecule has 0 saturated heterocycles. The van der Waals surface area contributed by atoms with Crippen LogP contribution in [0.2, 0.25) is 0 Å². The van der Waals surface area contributed by atoms with E-state index in [9.17, 15) is 8.42 Å². The van der Waals surface area contributed by atoms with Gasteiger partial charge in [-0.25, -0.2) is 8.42 Å². The molecule has 96 valence electrons. The number of sulfone groups is 1. The molecule has 5 heteroatoms. The molecule has 1 aromatic carbocycles. The molecular formula is C13H15NO3S. The van der Waals surface area contributed by atoms with E-state index in [1.165, 1.54) is 16.5 Å². The Hall–Kier alpha value is -1.17. The van der Waals surface area contributed by atoms with E-state index < -0.39 is 9.84 Å². The van der Waals surface area contributed by atoms with Gasteiger partial charge in [-0.2, -0.15) is 0 Å². The second kappa shape index (κ2) is 4.50. The highest BCUT2D eigenvalue weighted by Gasteiger charge is 2.27. The summed E-state index contributed by atoms with van der Waals surface area (Å²) in [4.78, 5) is 0. The minimum atomic E-state index is -3.01. The summed E-state index contributed by atoms with van der Waals surface area (Å²) in [7, 11) is -3.01. The number of ether oxygens (including phenoxy) is 1. The fourth-order valence-electron chi connectivity index (χ4n) is 2.46. The third-order valence-electron chi connectivity index (χ3n) is 3.32. The lowest BCUT2D eigenvalue weighted by molar-refractivity contribution is 0.0808. The SMILES string of the molecule is O=S1(=O)C=CC(NC2COCc3ccccc32)C1. The maximum Gasteiger partial charge on any atom is 0.173 e. The minimum Gasteiger partial charge on any atom is -0.375 e. The molecule has 4 nitrogen and oxygen atoms in total. The first-order valence-electron chi connectivity index (χ1n) is 5.97. The van der Waals surface area contributed by atoms with Crippen LogP contribution in [0.5, 0.6) is 0 Å². The fraction of sp³-hybridized carbons (Fsp3) is 0.385. The number of fused-ring (bicyclic) bond motifs is 1. The molecule has 0 fully saturated rings. The number of rotatable bonds is 2. The summed E-state index contributed by atoms with van der Waals surface area (Å²) in [5, 5.41) is 4.63. The number of nitrogens with one attached hydrogen (secondary N) is 1. The molecule has 0 bridgehead atoms. The van der Waals surface area contributed by atoms with Crippen LogP contribution < -0.4 is 5.32 Å². The van der Waals surface area contributed by atoms with Crippen molar-refractivity contribution in [2.45, 2.75) is 18.7 Å². The van der Waals surface area contributed by atoms with E-state index in [4.69, 9.17) is 4.74 Å². The Balaban J connectivity index is 1.78. The lowest BCUT2D eigenvalue weighted by atomic mass is 9.98. The number of hydrogen-bond acceptors (Lipinski definition) is 4. The van der Waals surface area contributed by atoms with Crippen LogP contribution in [0.3, 0.4) is 0 Å². The first-order valence-corrected chi connectivity index (χ1v) is 7.68. The van der Waals surface area contributed by atoms with Crippen LogP contribution in [0.25, 0.3) is 0 Å². The van der Waals surface area contributed by atoms with Crippen molar-refractivity contribution >= 4 is 9.84 Å². The Morgan fingerprint density at radius 1 is 1.28 bits per heavy atom. The summed E-state index contributed by atoms with van der Waals surface area (Å²) in [5.74, 6) is 0.145. The maximum absolute atomic E-state index is 11.4. The molecule has 0 radical (unpaired) electrons. The zero-order valence-corrected chi connectivity index (χ0v) is 10.7. The van der Waals surface area contributed by atoms with Crippen molar-refractivity contribution < 1.29 is 13.2 Å². The first-order chi connectivity index (χ1) is 8.64. The molecule has 18 heavy (non-hydrogen) atoms. The predicted octanol–water partition coefficient (Wildman–Crippen LogP) is 1.16. The Morgan fingerprint density at radius 3 is 2.89 bits per heavy atom. The molecule has 0 aromatic heterocycles. The second-order valence-corrected chi connectivity index (χ2v) is 6.63. The van der Waals surface area contributed by atoms with Crippen LogP contribution in [0, 0.1) is 0 Å².